The van der Waals surface area contributed by atoms with Crippen LogP contribution in [0.2, 0.25) is 0 Å². The second-order valence-corrected chi connectivity index (χ2v) is 5.05. The maximum atomic E-state index is 5.53. The quantitative estimate of drug-likeness (QED) is 0.730. The molecule has 20 heavy (non-hydrogen) atoms. The maximum absolute atomic E-state index is 5.53. The van der Waals surface area contributed by atoms with Gasteiger partial charge in [-0.15, -0.1) is 24.0 Å². The van der Waals surface area contributed by atoms with Gasteiger partial charge in [0.25, 0.3) is 0 Å². The van der Waals surface area contributed by atoms with Crippen molar-refractivity contribution in [1.29, 1.82) is 0 Å². The Labute approximate surface area is 138 Å². The van der Waals surface area contributed by atoms with E-state index in [0.29, 0.717) is 6.04 Å². The van der Waals surface area contributed by atoms with E-state index in [4.69, 9.17) is 4.42 Å². The zero-order valence-electron chi connectivity index (χ0n) is 12.4. The number of guanidine groups is 1. The molecule has 0 radical (unpaired) electrons. The molecule has 0 fully saturated rings. The highest BCUT2D eigenvalue weighted by molar-refractivity contribution is 14.0. The molecule has 1 aliphatic rings. The molecule has 1 aliphatic heterocycles. The van der Waals surface area contributed by atoms with E-state index in [9.17, 15) is 0 Å². The lowest BCUT2D eigenvalue weighted by Gasteiger charge is -2.23. The summed E-state index contributed by atoms with van der Waals surface area (Å²) >= 11 is 0. The molecule has 6 heteroatoms. The summed E-state index contributed by atoms with van der Waals surface area (Å²) in [7, 11) is 2.06. The predicted molar refractivity (Wildman–Crippen MR) is 92.7 cm³/mol. The molecule has 0 saturated carbocycles. The first-order valence-electron chi connectivity index (χ1n) is 6.99. The molecule has 2 unspecified atom stereocenters. The fourth-order valence-corrected chi connectivity index (χ4v) is 2.11. The van der Waals surface area contributed by atoms with E-state index in [1.165, 1.54) is 0 Å². The molecular weight excluding hydrogens is 367 g/mol. The highest BCUT2D eigenvalue weighted by atomic mass is 127. The van der Waals surface area contributed by atoms with Crippen LogP contribution in [0, 0.1) is 0 Å². The molecule has 0 aromatic carbocycles. The number of rotatable bonds is 6. The van der Waals surface area contributed by atoms with E-state index in [-0.39, 0.29) is 30.0 Å². The molecule has 1 aromatic rings. The van der Waals surface area contributed by atoms with E-state index in [2.05, 4.69) is 41.4 Å². The Hall–Kier alpha value is -0.760. The molecule has 1 aromatic heterocycles. The summed E-state index contributed by atoms with van der Waals surface area (Å²) in [5.74, 6) is 1.94. The van der Waals surface area contributed by atoms with Crippen LogP contribution in [0.1, 0.15) is 32.1 Å². The van der Waals surface area contributed by atoms with Crippen LogP contribution in [-0.2, 0) is 0 Å². The summed E-state index contributed by atoms with van der Waals surface area (Å²) < 4.78 is 5.53. The standard InChI is InChI=1S/C14H24N4O.HI/c1-4-11(2)17-12(13-6-5-9-19-13)10-16-14-15-7-8-18(14)3;/h5-6,9,11-12,17H,4,7-8,10H2,1-3H3,(H,15,16);1H. The number of nitrogens with one attached hydrogen (secondary N) is 2. The van der Waals surface area contributed by atoms with Crippen LogP contribution >= 0.6 is 24.0 Å². The van der Waals surface area contributed by atoms with Gasteiger partial charge < -0.3 is 20.0 Å². The number of furan rings is 1. The van der Waals surface area contributed by atoms with Crippen molar-refractivity contribution in [3.63, 3.8) is 0 Å². The van der Waals surface area contributed by atoms with Crippen molar-refractivity contribution >= 4 is 29.9 Å². The lowest BCUT2D eigenvalue weighted by molar-refractivity contribution is 0.370. The zero-order chi connectivity index (χ0) is 13.7. The molecule has 2 rings (SSSR count). The first-order chi connectivity index (χ1) is 9.20. The normalized spacial score (nSPS) is 17.4. The minimum Gasteiger partial charge on any atom is -0.468 e. The van der Waals surface area contributed by atoms with Gasteiger partial charge in [0.05, 0.1) is 18.8 Å². The second-order valence-electron chi connectivity index (χ2n) is 5.05. The highest BCUT2D eigenvalue weighted by Crippen LogP contribution is 2.14. The van der Waals surface area contributed by atoms with Gasteiger partial charge in [0.2, 0.25) is 0 Å². The minimum atomic E-state index is 0. The Balaban J connectivity index is 0.00000200. The summed E-state index contributed by atoms with van der Waals surface area (Å²) in [5, 5.41) is 6.98. The van der Waals surface area contributed by atoms with Gasteiger partial charge >= 0.3 is 0 Å². The van der Waals surface area contributed by atoms with Gasteiger partial charge in [0.15, 0.2) is 5.96 Å². The van der Waals surface area contributed by atoms with Crippen molar-refractivity contribution in [2.45, 2.75) is 32.4 Å². The summed E-state index contributed by atoms with van der Waals surface area (Å²) in [5.41, 5.74) is 0. The van der Waals surface area contributed by atoms with E-state index in [1.807, 2.05) is 12.1 Å². The topological polar surface area (TPSA) is 52.8 Å². The Morgan fingerprint density at radius 2 is 2.30 bits per heavy atom. The monoisotopic (exact) mass is 392 g/mol. The molecule has 0 saturated heterocycles. The van der Waals surface area contributed by atoms with E-state index < -0.39 is 0 Å². The third kappa shape index (κ3) is 4.66. The van der Waals surface area contributed by atoms with Gasteiger partial charge in [-0.1, -0.05) is 6.92 Å². The van der Waals surface area contributed by atoms with Gasteiger partial charge in [-0.25, -0.2) is 0 Å². The third-order valence-corrected chi connectivity index (χ3v) is 3.51. The number of halogens is 1. The second kappa shape index (κ2) is 8.51. The van der Waals surface area contributed by atoms with Gasteiger partial charge in [-0.05, 0) is 25.5 Å². The lowest BCUT2D eigenvalue weighted by Crippen LogP contribution is -2.42. The van der Waals surface area contributed by atoms with Gasteiger partial charge in [0, 0.05) is 26.2 Å². The predicted octanol–water partition coefficient (Wildman–Crippen LogP) is 2.22. The average molecular weight is 392 g/mol. The molecule has 2 N–H and O–H groups in total. The highest BCUT2D eigenvalue weighted by Gasteiger charge is 2.19. The van der Waals surface area contributed by atoms with Gasteiger partial charge in [0.1, 0.15) is 5.76 Å². The first-order valence-corrected chi connectivity index (χ1v) is 6.99. The SMILES string of the molecule is CCC(C)NC(CNC1=NCCN1C)c1ccco1.I. The molecule has 0 amide bonds. The summed E-state index contributed by atoms with van der Waals surface area (Å²) in [6.07, 6.45) is 2.82. The van der Waals surface area contributed by atoms with Crippen LogP contribution in [0.3, 0.4) is 0 Å². The fourth-order valence-electron chi connectivity index (χ4n) is 2.11. The van der Waals surface area contributed by atoms with Crippen LogP contribution in [0.15, 0.2) is 27.8 Å². The Morgan fingerprint density at radius 1 is 1.50 bits per heavy atom. The van der Waals surface area contributed by atoms with Crippen LogP contribution in [-0.4, -0.2) is 43.6 Å². The summed E-state index contributed by atoms with van der Waals surface area (Å²) in [6.45, 7) is 7.02. The van der Waals surface area contributed by atoms with Crippen molar-refractivity contribution in [2.24, 2.45) is 4.99 Å². The number of hydrogen-bond donors (Lipinski definition) is 2. The molecule has 0 bridgehead atoms. The van der Waals surface area contributed by atoms with Gasteiger partial charge in [-0.3, -0.25) is 4.99 Å². The lowest BCUT2D eigenvalue weighted by atomic mass is 10.1. The van der Waals surface area contributed by atoms with Crippen molar-refractivity contribution in [3.8, 4) is 0 Å². The molecule has 2 heterocycles. The van der Waals surface area contributed by atoms with Gasteiger partial charge in [-0.2, -0.15) is 0 Å². The number of aliphatic imine (C=N–C) groups is 1. The summed E-state index contributed by atoms with van der Waals surface area (Å²) in [6, 6.07) is 4.57. The van der Waals surface area contributed by atoms with Crippen LogP contribution < -0.4 is 10.6 Å². The maximum Gasteiger partial charge on any atom is 0.193 e. The van der Waals surface area contributed by atoms with Crippen LogP contribution in [0.5, 0.6) is 0 Å². The number of nitrogens with zero attached hydrogens (tertiary/aromatic N) is 2. The van der Waals surface area contributed by atoms with Crippen LogP contribution in [0.25, 0.3) is 0 Å². The van der Waals surface area contributed by atoms with Crippen LogP contribution in [0.4, 0.5) is 0 Å². The average Bonchev–Trinajstić information content (AvgIpc) is 3.06. The Morgan fingerprint density at radius 3 is 2.85 bits per heavy atom. The van der Waals surface area contributed by atoms with Crippen molar-refractivity contribution < 1.29 is 4.42 Å². The fraction of sp³-hybridized carbons (Fsp3) is 0.643. The van der Waals surface area contributed by atoms with E-state index in [1.54, 1.807) is 6.26 Å². The Kier molecular flexibility index (Phi) is 7.36. The van der Waals surface area contributed by atoms with Crippen molar-refractivity contribution in [2.75, 3.05) is 26.7 Å². The number of likely N-dealkylation sites (N-methyl/N-ethyl adjacent to an activating group) is 1. The van der Waals surface area contributed by atoms with E-state index >= 15 is 0 Å². The van der Waals surface area contributed by atoms with Crippen molar-refractivity contribution in [1.82, 2.24) is 15.5 Å². The van der Waals surface area contributed by atoms with Crippen molar-refractivity contribution in [3.05, 3.63) is 24.2 Å². The minimum absolute atomic E-state index is 0. The molecule has 0 spiro atoms. The summed E-state index contributed by atoms with van der Waals surface area (Å²) in [4.78, 5) is 6.58. The molecule has 2 atom stereocenters. The molecule has 5 nitrogen and oxygen atoms in total. The molecular formula is C14H25IN4O. The van der Waals surface area contributed by atoms with E-state index in [0.717, 1.165) is 37.8 Å². The zero-order valence-corrected chi connectivity index (χ0v) is 14.8. The Bertz CT molecular complexity index is 407. The third-order valence-electron chi connectivity index (χ3n) is 3.51. The molecule has 0 aliphatic carbocycles. The first kappa shape index (κ1) is 17.3. The number of hydrogen-bond acceptors (Lipinski definition) is 5. The smallest absolute Gasteiger partial charge is 0.193 e. The molecule has 114 valence electrons. The largest absolute Gasteiger partial charge is 0.468 e.